The number of hydrogen-bond donors (Lipinski definition) is 0. The van der Waals surface area contributed by atoms with Crippen molar-refractivity contribution in [2.45, 2.75) is 59.1 Å². The van der Waals surface area contributed by atoms with Gasteiger partial charge in [-0.1, -0.05) is 45.6 Å². The number of pyridine rings is 1. The highest BCUT2D eigenvalue weighted by Crippen LogP contribution is 2.44. The number of aryl methyl sites for hydroxylation is 2. The normalized spacial score (nSPS) is 15.1. The molecule has 1 aromatic heterocycles. The van der Waals surface area contributed by atoms with E-state index in [9.17, 15) is 26.3 Å². The minimum absolute atomic E-state index is 0.186. The summed E-state index contributed by atoms with van der Waals surface area (Å²) < 4.78 is 100. The molecule has 0 radical (unpaired) electrons. The highest BCUT2D eigenvalue weighted by molar-refractivity contribution is 6.88. The van der Waals surface area contributed by atoms with Crippen LogP contribution in [0.4, 0.5) is 26.3 Å². The molecule has 0 aliphatic carbocycles. The second kappa shape index (κ2) is 7.69. The second-order valence-electron chi connectivity index (χ2n) is 9.12. The minimum atomic E-state index is -5.05. The molecular formula is C22H28F6NSi+. The second-order valence-corrected chi connectivity index (χ2v) is 14.2. The Kier molecular flexibility index (Phi) is 5.49. The van der Waals surface area contributed by atoms with Crippen LogP contribution in [-0.4, -0.2) is 14.3 Å². The molecule has 1 heterocycles. The third-order valence-corrected chi connectivity index (χ3v) is 7.13. The molecule has 8 heteroatoms. The van der Waals surface area contributed by atoms with E-state index in [-0.39, 0.29) is 11.1 Å². The van der Waals surface area contributed by atoms with E-state index in [0.29, 0.717) is 19.5 Å². The average molecular weight is 451 g/mol. The highest BCUT2D eigenvalue weighted by Gasteiger charge is 2.48. The maximum atomic E-state index is 14.0. The zero-order valence-corrected chi connectivity index (χ0v) is 19.1. The van der Waals surface area contributed by atoms with Crippen LogP contribution in [0, 0.1) is 12.3 Å². The maximum absolute atomic E-state index is 14.0. The molecular weight excluding hydrogens is 420 g/mol. The maximum Gasteiger partial charge on any atom is 0.416 e. The Bertz CT molecular complexity index is 1020. The van der Waals surface area contributed by atoms with E-state index in [1.807, 2.05) is 12.3 Å². The summed E-state index contributed by atoms with van der Waals surface area (Å²) in [7, 11) is 0.0273. The number of halogens is 6. The standard InChI is InChI=1S/C22H28F6NSi/c1-14-10-15(12-20(2,3)22(26,27)28)18(21(23,24)25)11-17(14)19-9-8-16(13-29(19)4)30(5,6)7/h8-11,13H,12H2,1-7H3/q+1/i12D2. The number of aromatic nitrogens is 1. The monoisotopic (exact) mass is 450 g/mol. The fourth-order valence-corrected chi connectivity index (χ4v) is 4.22. The molecule has 2 rings (SSSR count). The summed E-state index contributed by atoms with van der Waals surface area (Å²) in [5, 5.41) is 1.09. The zero-order valence-electron chi connectivity index (χ0n) is 20.1. The van der Waals surface area contributed by atoms with Gasteiger partial charge in [0.25, 0.3) is 0 Å². The predicted molar refractivity (Wildman–Crippen MR) is 109 cm³/mol. The van der Waals surface area contributed by atoms with Gasteiger partial charge in [-0.15, -0.1) is 0 Å². The molecule has 0 bridgehead atoms. The number of alkyl halides is 6. The SMILES string of the molecule is [2H]C([2H])(c1cc(C)c(-c2ccc([Si](C)(C)C)c[n+]2C)cc1C(F)(F)F)C(C)(C)C(F)(F)F. The lowest BCUT2D eigenvalue weighted by atomic mass is 9.82. The topological polar surface area (TPSA) is 3.88 Å². The Balaban J connectivity index is 2.82. The highest BCUT2D eigenvalue weighted by atomic mass is 28.3. The van der Waals surface area contributed by atoms with Gasteiger partial charge in [0.05, 0.1) is 19.1 Å². The van der Waals surface area contributed by atoms with Gasteiger partial charge in [0.15, 0.2) is 6.20 Å². The third-order valence-electron chi connectivity index (χ3n) is 5.10. The van der Waals surface area contributed by atoms with E-state index in [1.54, 1.807) is 17.7 Å². The lowest BCUT2D eigenvalue weighted by Gasteiger charge is -2.29. The van der Waals surface area contributed by atoms with Crippen LogP contribution in [0.1, 0.15) is 33.3 Å². The van der Waals surface area contributed by atoms with Crippen molar-refractivity contribution in [3.8, 4) is 11.3 Å². The number of nitrogens with zero attached hydrogens (tertiary/aromatic N) is 1. The molecule has 1 aromatic carbocycles. The minimum Gasteiger partial charge on any atom is -0.201 e. The summed E-state index contributed by atoms with van der Waals surface area (Å²) in [4.78, 5) is 0. The van der Waals surface area contributed by atoms with Crippen LogP contribution in [0.25, 0.3) is 11.3 Å². The summed E-state index contributed by atoms with van der Waals surface area (Å²) >= 11 is 0. The van der Waals surface area contributed by atoms with Gasteiger partial charge in [-0.3, -0.25) is 0 Å². The summed E-state index contributed by atoms with van der Waals surface area (Å²) in [5.41, 5.74) is -4.57. The Labute approximate surface area is 177 Å². The summed E-state index contributed by atoms with van der Waals surface area (Å²) in [5.74, 6) is 0. The van der Waals surface area contributed by atoms with E-state index < -0.39 is 43.3 Å². The summed E-state index contributed by atoms with van der Waals surface area (Å²) in [6.07, 6.45) is -11.5. The van der Waals surface area contributed by atoms with Gasteiger partial charge >= 0.3 is 12.4 Å². The first kappa shape index (κ1) is 21.4. The molecule has 30 heavy (non-hydrogen) atoms. The zero-order chi connectivity index (χ0) is 25.1. The van der Waals surface area contributed by atoms with Crippen molar-refractivity contribution in [1.82, 2.24) is 0 Å². The molecule has 0 saturated carbocycles. The largest absolute Gasteiger partial charge is 0.416 e. The van der Waals surface area contributed by atoms with Crippen LogP contribution >= 0.6 is 0 Å². The van der Waals surface area contributed by atoms with Crippen LogP contribution in [0.15, 0.2) is 30.5 Å². The van der Waals surface area contributed by atoms with Crippen molar-refractivity contribution >= 4 is 13.3 Å². The number of benzene rings is 1. The molecule has 1 nitrogen and oxygen atoms in total. The van der Waals surface area contributed by atoms with E-state index in [4.69, 9.17) is 2.74 Å². The quantitative estimate of drug-likeness (QED) is 0.297. The van der Waals surface area contributed by atoms with Gasteiger partial charge in [-0.2, -0.15) is 26.3 Å². The van der Waals surface area contributed by atoms with Crippen molar-refractivity contribution < 1.29 is 33.7 Å². The molecule has 0 atom stereocenters. The summed E-state index contributed by atoms with van der Waals surface area (Å²) in [6, 6.07) is 5.22. The fraction of sp³-hybridized carbons (Fsp3) is 0.500. The summed E-state index contributed by atoms with van der Waals surface area (Å²) in [6.45, 7) is 9.02. The van der Waals surface area contributed by atoms with Crippen LogP contribution in [0.3, 0.4) is 0 Å². The van der Waals surface area contributed by atoms with Crippen LogP contribution in [-0.2, 0) is 19.6 Å². The molecule has 2 aromatic rings. The first-order chi connectivity index (χ1) is 14.1. The third kappa shape index (κ3) is 5.07. The fourth-order valence-electron chi connectivity index (χ4n) is 3.06. The first-order valence-corrected chi connectivity index (χ1v) is 12.9. The van der Waals surface area contributed by atoms with Crippen molar-refractivity contribution in [2.24, 2.45) is 12.5 Å². The van der Waals surface area contributed by atoms with Gasteiger partial charge in [0.2, 0.25) is 5.69 Å². The Hall–Kier alpha value is -1.83. The molecule has 166 valence electrons. The first-order valence-electron chi connectivity index (χ1n) is 10.4. The molecule has 0 aliphatic rings. The molecule has 0 amide bonds. The average Bonchev–Trinajstić information content (AvgIpc) is 2.58. The van der Waals surface area contributed by atoms with Crippen LogP contribution in [0.2, 0.25) is 19.6 Å². The molecule has 0 aliphatic heterocycles. The molecule has 0 spiro atoms. The molecule has 0 unspecified atom stereocenters. The lowest BCUT2D eigenvalue weighted by molar-refractivity contribution is -0.659. The smallest absolute Gasteiger partial charge is 0.201 e. The van der Waals surface area contributed by atoms with Crippen LogP contribution < -0.4 is 9.75 Å². The van der Waals surface area contributed by atoms with Gasteiger partial charge < -0.3 is 0 Å². The van der Waals surface area contributed by atoms with Crippen molar-refractivity contribution in [1.29, 1.82) is 0 Å². The number of hydrogen-bond acceptors (Lipinski definition) is 0. The van der Waals surface area contributed by atoms with E-state index >= 15 is 0 Å². The van der Waals surface area contributed by atoms with E-state index in [0.717, 1.165) is 17.3 Å². The van der Waals surface area contributed by atoms with E-state index in [2.05, 4.69) is 19.6 Å². The Morgan fingerprint density at radius 2 is 1.57 bits per heavy atom. The van der Waals surface area contributed by atoms with Crippen molar-refractivity contribution in [3.63, 3.8) is 0 Å². The lowest BCUT2D eigenvalue weighted by Crippen LogP contribution is -2.45. The van der Waals surface area contributed by atoms with Gasteiger partial charge in [0, 0.05) is 19.6 Å². The molecule has 0 N–H and O–H groups in total. The van der Waals surface area contributed by atoms with Gasteiger partial charge in [-0.25, -0.2) is 4.57 Å². The Morgan fingerprint density at radius 3 is 2.00 bits per heavy atom. The van der Waals surface area contributed by atoms with Crippen molar-refractivity contribution in [2.75, 3.05) is 0 Å². The van der Waals surface area contributed by atoms with E-state index in [1.165, 1.54) is 6.92 Å². The van der Waals surface area contributed by atoms with Crippen LogP contribution in [0.5, 0.6) is 0 Å². The van der Waals surface area contributed by atoms with Gasteiger partial charge in [0.1, 0.15) is 7.05 Å². The van der Waals surface area contributed by atoms with Gasteiger partial charge in [-0.05, 0) is 30.5 Å². The molecule has 0 saturated heterocycles. The molecule has 0 fully saturated rings. The van der Waals surface area contributed by atoms with Crippen molar-refractivity contribution in [3.05, 3.63) is 47.2 Å². The predicted octanol–water partition coefficient (Wildman–Crippen LogP) is 6.18. The number of rotatable bonds is 4. The Morgan fingerprint density at radius 1 is 1.00 bits per heavy atom.